The summed E-state index contributed by atoms with van der Waals surface area (Å²) in [5, 5.41) is 0. The first-order valence-corrected chi connectivity index (χ1v) is 6.73. The second-order valence-electron chi connectivity index (χ2n) is 3.93. The third kappa shape index (κ3) is 2.21. The molecule has 0 aliphatic carbocycles. The fourth-order valence-electron chi connectivity index (χ4n) is 1.85. The van der Waals surface area contributed by atoms with Crippen LogP contribution in [0.15, 0.2) is 24.3 Å². The lowest BCUT2D eigenvalue weighted by molar-refractivity contribution is 0.439. The van der Waals surface area contributed by atoms with Gasteiger partial charge in [0.05, 0.1) is 5.75 Å². The van der Waals surface area contributed by atoms with Crippen LogP contribution in [0, 0.1) is 6.92 Å². The van der Waals surface area contributed by atoms with Gasteiger partial charge in [-0.05, 0) is 24.5 Å². The Bertz CT molecular complexity index is 453. The number of rotatable bonds is 2. The average molecular weight is 225 g/mol. The highest BCUT2D eigenvalue weighted by Crippen LogP contribution is 2.18. The zero-order valence-electron chi connectivity index (χ0n) is 8.81. The second kappa shape index (κ2) is 3.94. The highest BCUT2D eigenvalue weighted by atomic mass is 32.2. The van der Waals surface area contributed by atoms with Crippen LogP contribution in [-0.2, 0) is 16.6 Å². The molecule has 1 heterocycles. The molecule has 1 saturated heterocycles. The van der Waals surface area contributed by atoms with E-state index in [4.69, 9.17) is 0 Å². The lowest BCUT2D eigenvalue weighted by atomic mass is 10.1. The molecule has 0 atom stereocenters. The highest BCUT2D eigenvalue weighted by Gasteiger charge is 2.28. The van der Waals surface area contributed by atoms with Crippen LogP contribution in [-0.4, -0.2) is 25.0 Å². The van der Waals surface area contributed by atoms with Crippen molar-refractivity contribution >= 4 is 10.0 Å². The molecular formula is C11H15NO2S. The van der Waals surface area contributed by atoms with Crippen molar-refractivity contribution in [1.29, 1.82) is 0 Å². The molecule has 82 valence electrons. The molecule has 0 saturated carbocycles. The van der Waals surface area contributed by atoms with Crippen molar-refractivity contribution in [2.24, 2.45) is 0 Å². The first-order chi connectivity index (χ1) is 7.09. The molecule has 1 fully saturated rings. The molecule has 2 rings (SSSR count). The number of benzene rings is 1. The average Bonchev–Trinajstić information content (AvgIpc) is 2.50. The van der Waals surface area contributed by atoms with Gasteiger partial charge in [-0.3, -0.25) is 0 Å². The van der Waals surface area contributed by atoms with E-state index in [1.54, 1.807) is 4.31 Å². The molecule has 1 aromatic carbocycles. The molecule has 0 bridgehead atoms. The van der Waals surface area contributed by atoms with Crippen LogP contribution in [0.25, 0.3) is 0 Å². The Kier molecular flexibility index (Phi) is 2.80. The molecule has 0 radical (unpaired) electrons. The van der Waals surface area contributed by atoms with E-state index in [1.165, 1.54) is 0 Å². The zero-order valence-corrected chi connectivity index (χ0v) is 9.63. The molecule has 0 spiro atoms. The van der Waals surface area contributed by atoms with E-state index < -0.39 is 10.0 Å². The molecule has 1 aliphatic rings. The Hall–Kier alpha value is -0.870. The maximum atomic E-state index is 11.6. The summed E-state index contributed by atoms with van der Waals surface area (Å²) in [5.41, 5.74) is 2.25. The second-order valence-corrected chi connectivity index (χ2v) is 6.02. The van der Waals surface area contributed by atoms with Crippen LogP contribution >= 0.6 is 0 Å². The normalized spacial score (nSPS) is 20.6. The highest BCUT2D eigenvalue weighted by molar-refractivity contribution is 7.89. The number of hydrogen-bond acceptors (Lipinski definition) is 2. The number of sulfonamides is 1. The van der Waals surface area contributed by atoms with E-state index in [9.17, 15) is 8.42 Å². The van der Waals surface area contributed by atoms with Crippen LogP contribution in [0.1, 0.15) is 17.5 Å². The van der Waals surface area contributed by atoms with Gasteiger partial charge in [0.15, 0.2) is 0 Å². The largest absolute Gasteiger partial charge is 0.214 e. The smallest absolute Gasteiger partial charge is 0.212 e. The van der Waals surface area contributed by atoms with E-state index in [0.29, 0.717) is 18.8 Å². The van der Waals surface area contributed by atoms with Gasteiger partial charge in [0, 0.05) is 13.1 Å². The van der Waals surface area contributed by atoms with Gasteiger partial charge in [0.25, 0.3) is 0 Å². The molecular weight excluding hydrogens is 210 g/mol. The van der Waals surface area contributed by atoms with Gasteiger partial charge in [0.1, 0.15) is 0 Å². The van der Waals surface area contributed by atoms with Crippen LogP contribution in [0.2, 0.25) is 0 Å². The Balaban J connectivity index is 2.20. The molecule has 3 nitrogen and oxygen atoms in total. The van der Waals surface area contributed by atoms with Gasteiger partial charge in [-0.25, -0.2) is 8.42 Å². The van der Waals surface area contributed by atoms with Gasteiger partial charge in [-0.1, -0.05) is 24.3 Å². The van der Waals surface area contributed by atoms with Crippen molar-refractivity contribution in [2.45, 2.75) is 19.9 Å². The maximum Gasteiger partial charge on any atom is 0.214 e. The molecule has 0 amide bonds. The molecule has 0 aromatic heterocycles. The summed E-state index contributed by atoms with van der Waals surface area (Å²) in [6, 6.07) is 7.92. The standard InChI is InChI=1S/C11H15NO2S/c1-10-5-2-3-6-11(10)9-12-7-4-8-15(12,13)14/h2-3,5-6H,4,7-9H2,1H3. The molecule has 4 heteroatoms. The van der Waals surface area contributed by atoms with Gasteiger partial charge >= 0.3 is 0 Å². The van der Waals surface area contributed by atoms with Crippen molar-refractivity contribution in [3.8, 4) is 0 Å². The quantitative estimate of drug-likeness (QED) is 0.765. The summed E-state index contributed by atoms with van der Waals surface area (Å²) < 4.78 is 24.8. The number of hydrogen-bond donors (Lipinski definition) is 0. The summed E-state index contributed by atoms with van der Waals surface area (Å²) in [6.07, 6.45) is 0.758. The topological polar surface area (TPSA) is 37.4 Å². The third-order valence-corrected chi connectivity index (χ3v) is 4.71. The van der Waals surface area contributed by atoms with Crippen molar-refractivity contribution < 1.29 is 8.42 Å². The molecule has 1 aromatic rings. The lowest BCUT2D eigenvalue weighted by Gasteiger charge is -2.15. The van der Waals surface area contributed by atoms with Gasteiger partial charge in [0.2, 0.25) is 10.0 Å². The third-order valence-electron chi connectivity index (χ3n) is 2.81. The predicted octanol–water partition coefficient (Wildman–Crippen LogP) is 1.53. The van der Waals surface area contributed by atoms with E-state index >= 15 is 0 Å². The van der Waals surface area contributed by atoms with Crippen molar-refractivity contribution in [1.82, 2.24) is 4.31 Å². The minimum atomic E-state index is -2.97. The van der Waals surface area contributed by atoms with Crippen molar-refractivity contribution in [3.05, 3.63) is 35.4 Å². The minimum Gasteiger partial charge on any atom is -0.212 e. The van der Waals surface area contributed by atoms with E-state index in [0.717, 1.165) is 17.5 Å². The fourth-order valence-corrected chi connectivity index (χ4v) is 3.34. The maximum absolute atomic E-state index is 11.6. The number of nitrogens with zero attached hydrogens (tertiary/aromatic N) is 1. The van der Waals surface area contributed by atoms with Crippen molar-refractivity contribution in [2.75, 3.05) is 12.3 Å². The summed E-state index contributed by atoms with van der Waals surface area (Å²) >= 11 is 0. The molecule has 15 heavy (non-hydrogen) atoms. The van der Waals surface area contributed by atoms with Crippen LogP contribution in [0.3, 0.4) is 0 Å². The monoisotopic (exact) mass is 225 g/mol. The van der Waals surface area contributed by atoms with E-state index in [1.807, 2.05) is 31.2 Å². The summed E-state index contributed by atoms with van der Waals surface area (Å²) in [4.78, 5) is 0. The van der Waals surface area contributed by atoms with Crippen LogP contribution in [0.5, 0.6) is 0 Å². The summed E-state index contributed by atoms with van der Waals surface area (Å²) in [5.74, 6) is 0.304. The minimum absolute atomic E-state index is 0.304. The predicted molar refractivity (Wildman–Crippen MR) is 60.0 cm³/mol. The summed E-state index contributed by atoms with van der Waals surface area (Å²) in [6.45, 7) is 3.20. The van der Waals surface area contributed by atoms with Crippen molar-refractivity contribution in [3.63, 3.8) is 0 Å². The Morgan fingerprint density at radius 2 is 2.07 bits per heavy atom. The van der Waals surface area contributed by atoms with Crippen LogP contribution < -0.4 is 0 Å². The molecule has 1 aliphatic heterocycles. The number of aryl methyl sites for hydroxylation is 1. The Morgan fingerprint density at radius 3 is 2.67 bits per heavy atom. The molecule has 0 N–H and O–H groups in total. The first kappa shape index (κ1) is 10.6. The van der Waals surface area contributed by atoms with E-state index in [-0.39, 0.29) is 0 Å². The van der Waals surface area contributed by atoms with Gasteiger partial charge in [-0.15, -0.1) is 0 Å². The SMILES string of the molecule is Cc1ccccc1CN1CCCS1(=O)=O. The van der Waals surface area contributed by atoms with E-state index in [2.05, 4.69) is 0 Å². The Morgan fingerprint density at radius 1 is 1.33 bits per heavy atom. The molecule has 0 unspecified atom stereocenters. The fraction of sp³-hybridized carbons (Fsp3) is 0.455. The summed E-state index contributed by atoms with van der Waals surface area (Å²) in [7, 11) is -2.97. The Labute approximate surface area is 90.8 Å². The lowest BCUT2D eigenvalue weighted by Crippen LogP contribution is -2.25. The van der Waals surface area contributed by atoms with Crippen LogP contribution in [0.4, 0.5) is 0 Å². The first-order valence-electron chi connectivity index (χ1n) is 5.12. The van der Waals surface area contributed by atoms with Gasteiger partial charge in [-0.2, -0.15) is 4.31 Å². The van der Waals surface area contributed by atoms with Gasteiger partial charge < -0.3 is 0 Å². The zero-order chi connectivity index (χ0) is 10.9.